The highest BCUT2D eigenvalue weighted by Crippen LogP contribution is 2.28. The van der Waals surface area contributed by atoms with Gasteiger partial charge in [-0.3, -0.25) is 4.98 Å². The van der Waals surface area contributed by atoms with Crippen molar-refractivity contribution in [2.45, 2.75) is 12.3 Å². The topological polar surface area (TPSA) is 65.2 Å². The molecule has 0 fully saturated rings. The van der Waals surface area contributed by atoms with E-state index in [1.54, 1.807) is 0 Å². The molecule has 1 aromatic rings. The molecule has 88 valence electrons. The van der Waals surface area contributed by atoms with E-state index in [0.29, 0.717) is 5.56 Å². The van der Waals surface area contributed by atoms with Gasteiger partial charge in [0.05, 0.1) is 18.7 Å². The number of hydrogen-bond acceptors (Lipinski definition) is 4. The fourth-order valence-electron chi connectivity index (χ4n) is 1.17. The third-order valence-electron chi connectivity index (χ3n) is 1.97. The van der Waals surface area contributed by atoms with E-state index < -0.39 is 23.7 Å². The van der Waals surface area contributed by atoms with E-state index in [1.807, 2.05) is 0 Å². The van der Waals surface area contributed by atoms with Gasteiger partial charge in [0.1, 0.15) is 11.3 Å². The molecule has 0 aliphatic rings. The second kappa shape index (κ2) is 5.07. The molecule has 0 radical (unpaired) electrons. The Morgan fingerprint density at radius 3 is 2.75 bits per heavy atom. The van der Waals surface area contributed by atoms with Gasteiger partial charge in [-0.15, -0.1) is 11.6 Å². The van der Waals surface area contributed by atoms with E-state index in [2.05, 4.69) is 9.72 Å². The second-order valence-corrected chi connectivity index (χ2v) is 3.15. The number of esters is 1. The van der Waals surface area contributed by atoms with Crippen molar-refractivity contribution in [1.82, 2.24) is 4.98 Å². The van der Waals surface area contributed by atoms with Crippen LogP contribution in [0.15, 0.2) is 6.20 Å². The van der Waals surface area contributed by atoms with E-state index >= 15 is 0 Å². The third kappa shape index (κ3) is 2.21. The summed E-state index contributed by atoms with van der Waals surface area (Å²) in [5, 5.41) is 0. The highest BCUT2D eigenvalue weighted by molar-refractivity contribution is 6.17. The van der Waals surface area contributed by atoms with Crippen molar-refractivity contribution in [2.24, 2.45) is 0 Å². The van der Waals surface area contributed by atoms with E-state index in [1.165, 1.54) is 0 Å². The van der Waals surface area contributed by atoms with Gasteiger partial charge in [-0.05, 0) is 0 Å². The molecule has 4 nitrogen and oxygen atoms in total. The van der Waals surface area contributed by atoms with Gasteiger partial charge < -0.3 is 10.5 Å². The van der Waals surface area contributed by atoms with Gasteiger partial charge in [0, 0.05) is 11.8 Å². The van der Waals surface area contributed by atoms with Crippen molar-refractivity contribution >= 4 is 23.3 Å². The average Bonchev–Trinajstić information content (AvgIpc) is 2.27. The Bertz CT molecular complexity index is 413. The molecule has 0 atom stereocenters. The number of anilines is 1. The predicted octanol–water partition coefficient (Wildman–Crippen LogP) is 2.13. The zero-order valence-corrected chi connectivity index (χ0v) is 9.09. The lowest BCUT2D eigenvalue weighted by molar-refractivity contribution is 0.0588. The van der Waals surface area contributed by atoms with Crippen molar-refractivity contribution in [1.29, 1.82) is 0 Å². The fourth-order valence-corrected chi connectivity index (χ4v) is 1.38. The fraction of sp³-hybridized carbons (Fsp3) is 0.333. The number of nitrogens with two attached hydrogens (primary N) is 1. The SMILES string of the molecule is COC(=O)c1c(C(F)F)ncc(CCl)c1N. The molecule has 1 heterocycles. The Morgan fingerprint density at radius 2 is 2.31 bits per heavy atom. The van der Waals surface area contributed by atoms with Crippen LogP contribution in [-0.2, 0) is 10.6 Å². The number of pyridine rings is 1. The zero-order chi connectivity index (χ0) is 12.3. The molecule has 1 aromatic heterocycles. The summed E-state index contributed by atoms with van der Waals surface area (Å²) < 4.78 is 29.5. The Hall–Kier alpha value is -1.43. The average molecular weight is 251 g/mol. The van der Waals surface area contributed by atoms with Crippen LogP contribution in [0.4, 0.5) is 14.5 Å². The van der Waals surface area contributed by atoms with Gasteiger partial charge in [-0.2, -0.15) is 0 Å². The van der Waals surface area contributed by atoms with Crippen LogP contribution < -0.4 is 5.73 Å². The number of rotatable bonds is 3. The van der Waals surface area contributed by atoms with Crippen LogP contribution in [0.5, 0.6) is 0 Å². The molecule has 0 spiro atoms. The minimum absolute atomic E-state index is 0.0215. The summed E-state index contributed by atoms with van der Waals surface area (Å²) in [6, 6.07) is 0. The quantitative estimate of drug-likeness (QED) is 0.659. The minimum atomic E-state index is -2.90. The number of carbonyl (C=O) groups excluding carboxylic acids is 1. The van der Waals surface area contributed by atoms with Crippen LogP contribution in [0.2, 0.25) is 0 Å². The maximum Gasteiger partial charge on any atom is 0.342 e. The lowest BCUT2D eigenvalue weighted by Gasteiger charge is -2.11. The maximum absolute atomic E-state index is 12.6. The van der Waals surface area contributed by atoms with Crippen molar-refractivity contribution in [3.8, 4) is 0 Å². The standard InChI is InChI=1S/C9H9ClF2N2O2/c1-16-9(15)5-6(13)4(2-10)3-14-7(5)8(11)12/h3,8H,2H2,1H3,(H2,13,14). The number of nitrogen functional groups attached to an aromatic ring is 1. The Morgan fingerprint density at radius 1 is 1.69 bits per heavy atom. The molecule has 0 aliphatic heterocycles. The number of halogens is 3. The first kappa shape index (κ1) is 12.6. The summed E-state index contributed by atoms with van der Waals surface area (Å²) in [5.74, 6) is -0.973. The number of aromatic nitrogens is 1. The zero-order valence-electron chi connectivity index (χ0n) is 8.34. The Kier molecular flexibility index (Phi) is 4.00. The van der Waals surface area contributed by atoms with Crippen LogP contribution in [-0.4, -0.2) is 18.1 Å². The van der Waals surface area contributed by atoms with Crippen molar-refractivity contribution in [3.63, 3.8) is 0 Å². The number of carbonyl (C=O) groups is 1. The number of hydrogen-bond donors (Lipinski definition) is 1. The molecule has 0 aliphatic carbocycles. The lowest BCUT2D eigenvalue weighted by atomic mass is 10.1. The first-order valence-electron chi connectivity index (χ1n) is 4.22. The van der Waals surface area contributed by atoms with Crippen LogP contribution in [0.25, 0.3) is 0 Å². The minimum Gasteiger partial charge on any atom is -0.465 e. The molecule has 0 saturated heterocycles. The van der Waals surface area contributed by atoms with E-state index in [4.69, 9.17) is 17.3 Å². The monoisotopic (exact) mass is 250 g/mol. The number of methoxy groups -OCH3 is 1. The Labute approximate surface area is 95.4 Å². The molecule has 0 saturated carbocycles. The van der Waals surface area contributed by atoms with E-state index in [9.17, 15) is 13.6 Å². The van der Waals surface area contributed by atoms with Gasteiger partial charge in [-0.25, -0.2) is 13.6 Å². The molecule has 7 heteroatoms. The molecular weight excluding hydrogens is 242 g/mol. The largest absolute Gasteiger partial charge is 0.465 e. The van der Waals surface area contributed by atoms with Crippen LogP contribution in [0.3, 0.4) is 0 Å². The molecule has 0 bridgehead atoms. The molecule has 16 heavy (non-hydrogen) atoms. The molecule has 0 unspecified atom stereocenters. The van der Waals surface area contributed by atoms with Gasteiger partial charge in [0.25, 0.3) is 6.43 Å². The maximum atomic E-state index is 12.6. The number of ether oxygens (including phenoxy) is 1. The molecule has 0 amide bonds. The van der Waals surface area contributed by atoms with Gasteiger partial charge in [0.2, 0.25) is 0 Å². The summed E-state index contributed by atoms with van der Waals surface area (Å²) in [5.41, 5.74) is 4.63. The summed E-state index contributed by atoms with van der Waals surface area (Å²) in [7, 11) is 1.07. The molecule has 2 N–H and O–H groups in total. The summed E-state index contributed by atoms with van der Waals surface area (Å²) in [6.07, 6.45) is -1.78. The van der Waals surface area contributed by atoms with Crippen LogP contribution >= 0.6 is 11.6 Å². The summed E-state index contributed by atoms with van der Waals surface area (Å²) >= 11 is 5.52. The first-order valence-corrected chi connectivity index (χ1v) is 4.76. The van der Waals surface area contributed by atoms with Crippen LogP contribution in [0.1, 0.15) is 28.0 Å². The van der Waals surface area contributed by atoms with Crippen molar-refractivity contribution in [3.05, 3.63) is 23.0 Å². The molecule has 0 aromatic carbocycles. The highest BCUT2D eigenvalue weighted by atomic mass is 35.5. The normalized spacial score (nSPS) is 10.6. The first-order chi connectivity index (χ1) is 7.52. The van der Waals surface area contributed by atoms with Crippen molar-refractivity contribution in [2.75, 3.05) is 12.8 Å². The Balaban J connectivity index is 3.42. The van der Waals surface area contributed by atoms with Crippen molar-refractivity contribution < 1.29 is 18.3 Å². The summed E-state index contributed by atoms with van der Waals surface area (Å²) in [6.45, 7) is 0. The second-order valence-electron chi connectivity index (χ2n) is 2.88. The molecule has 1 rings (SSSR count). The third-order valence-corrected chi connectivity index (χ3v) is 2.26. The lowest BCUT2D eigenvalue weighted by Crippen LogP contribution is -2.13. The smallest absolute Gasteiger partial charge is 0.342 e. The van der Waals surface area contributed by atoms with Gasteiger partial charge in [-0.1, -0.05) is 0 Å². The molecular formula is C9H9ClF2N2O2. The van der Waals surface area contributed by atoms with E-state index in [-0.39, 0.29) is 11.6 Å². The van der Waals surface area contributed by atoms with Gasteiger partial charge in [0.15, 0.2) is 0 Å². The van der Waals surface area contributed by atoms with Crippen LogP contribution in [0, 0.1) is 0 Å². The predicted molar refractivity (Wildman–Crippen MR) is 54.5 cm³/mol. The highest BCUT2D eigenvalue weighted by Gasteiger charge is 2.25. The number of alkyl halides is 3. The summed E-state index contributed by atoms with van der Waals surface area (Å²) in [4.78, 5) is 14.8. The number of nitrogens with zero attached hydrogens (tertiary/aromatic N) is 1. The van der Waals surface area contributed by atoms with E-state index in [0.717, 1.165) is 13.3 Å². The van der Waals surface area contributed by atoms with Gasteiger partial charge >= 0.3 is 5.97 Å².